The maximum absolute atomic E-state index is 12.6. The Labute approximate surface area is 142 Å². The molecule has 0 unspecified atom stereocenters. The Morgan fingerprint density at radius 1 is 1.29 bits per heavy atom. The van der Waals surface area contributed by atoms with E-state index < -0.39 is 0 Å². The van der Waals surface area contributed by atoms with Gasteiger partial charge in [0.2, 0.25) is 5.91 Å². The maximum atomic E-state index is 12.6. The Morgan fingerprint density at radius 3 is 2.75 bits per heavy atom. The van der Waals surface area contributed by atoms with Crippen LogP contribution in [0.5, 0.6) is 0 Å². The molecule has 0 radical (unpaired) electrons. The van der Waals surface area contributed by atoms with Gasteiger partial charge in [0.25, 0.3) is 0 Å². The molecule has 1 fully saturated rings. The second kappa shape index (κ2) is 6.51. The first-order valence-electron chi connectivity index (χ1n) is 8.56. The molecule has 2 aromatic rings. The zero-order valence-electron chi connectivity index (χ0n) is 15.2. The topological polar surface area (TPSA) is 60.2 Å². The van der Waals surface area contributed by atoms with Crippen LogP contribution in [0.4, 0.5) is 0 Å². The van der Waals surface area contributed by atoms with E-state index in [-0.39, 0.29) is 11.9 Å². The number of carbonyl (C=O) groups is 1. The molecule has 0 bridgehead atoms. The van der Waals surface area contributed by atoms with Gasteiger partial charge in [0.1, 0.15) is 0 Å². The van der Waals surface area contributed by atoms with E-state index in [0.29, 0.717) is 26.2 Å². The van der Waals surface area contributed by atoms with Crippen LogP contribution >= 0.6 is 0 Å². The summed E-state index contributed by atoms with van der Waals surface area (Å²) in [4.78, 5) is 19.2. The van der Waals surface area contributed by atoms with Crippen LogP contribution in [0.15, 0.2) is 0 Å². The summed E-state index contributed by atoms with van der Waals surface area (Å²) in [5, 5.41) is 5.59. The Balaban J connectivity index is 1.82. The Morgan fingerprint density at radius 2 is 2.04 bits per heavy atom. The molecular weight excluding hydrogens is 304 g/mol. The van der Waals surface area contributed by atoms with E-state index in [1.807, 2.05) is 37.4 Å². The minimum absolute atomic E-state index is 0.162. The lowest BCUT2D eigenvalue weighted by molar-refractivity contribution is -0.139. The monoisotopic (exact) mass is 330 g/mol. The van der Waals surface area contributed by atoms with Crippen molar-refractivity contribution in [2.75, 3.05) is 19.8 Å². The fourth-order valence-electron chi connectivity index (χ4n) is 3.70. The lowest BCUT2D eigenvalue weighted by atomic mass is 9.99. The average molecular weight is 330 g/mol. The third kappa shape index (κ3) is 2.90. The number of morpholine rings is 1. The van der Waals surface area contributed by atoms with Crippen LogP contribution in [-0.2, 0) is 23.0 Å². The number of hydrogen-bond acceptors (Lipinski definition) is 4. The summed E-state index contributed by atoms with van der Waals surface area (Å²) in [7, 11) is 1.92. The largest absolute Gasteiger partial charge is 0.377 e. The van der Waals surface area contributed by atoms with Crippen LogP contribution < -0.4 is 0 Å². The van der Waals surface area contributed by atoms with Crippen molar-refractivity contribution in [1.29, 1.82) is 0 Å². The van der Waals surface area contributed by atoms with Crippen molar-refractivity contribution < 1.29 is 9.53 Å². The van der Waals surface area contributed by atoms with Gasteiger partial charge < -0.3 is 9.64 Å². The molecule has 1 saturated heterocycles. The van der Waals surface area contributed by atoms with Crippen LogP contribution in [0.1, 0.15) is 35.9 Å². The maximum Gasteiger partial charge on any atom is 0.223 e. The van der Waals surface area contributed by atoms with E-state index in [9.17, 15) is 4.79 Å². The molecule has 0 saturated carbocycles. The summed E-state index contributed by atoms with van der Waals surface area (Å²) in [5.74, 6) is 0.201. The second-order valence-electron chi connectivity index (χ2n) is 6.72. The highest BCUT2D eigenvalue weighted by Gasteiger charge is 2.24. The molecule has 6 nitrogen and oxygen atoms in total. The minimum Gasteiger partial charge on any atom is -0.377 e. The summed E-state index contributed by atoms with van der Waals surface area (Å²) in [6.07, 6.45) is 1.23. The predicted molar refractivity (Wildman–Crippen MR) is 93.0 cm³/mol. The van der Waals surface area contributed by atoms with Crippen molar-refractivity contribution in [2.24, 2.45) is 7.05 Å². The normalized spacial score (nSPS) is 18.4. The molecule has 0 aromatic carbocycles. The SMILES string of the molecule is Cc1nc2c(c(C)nn2C)c(C)c1CCC(=O)N1CCOC[C@@H]1C. The van der Waals surface area contributed by atoms with Crippen molar-refractivity contribution >= 4 is 16.9 Å². The Kier molecular flexibility index (Phi) is 4.58. The van der Waals surface area contributed by atoms with E-state index in [1.165, 1.54) is 11.1 Å². The molecule has 3 rings (SSSR count). The first-order valence-corrected chi connectivity index (χ1v) is 8.56. The van der Waals surface area contributed by atoms with Gasteiger partial charge in [-0.1, -0.05) is 0 Å². The quantitative estimate of drug-likeness (QED) is 0.864. The molecule has 1 atom stereocenters. The highest BCUT2D eigenvalue weighted by atomic mass is 16.5. The first-order chi connectivity index (χ1) is 11.4. The predicted octanol–water partition coefficient (Wildman–Crippen LogP) is 2.07. The third-order valence-electron chi connectivity index (χ3n) is 5.01. The number of amides is 1. The summed E-state index contributed by atoms with van der Waals surface area (Å²) in [6, 6.07) is 0.162. The van der Waals surface area contributed by atoms with Crippen molar-refractivity contribution in [1.82, 2.24) is 19.7 Å². The average Bonchev–Trinajstić information content (AvgIpc) is 2.81. The van der Waals surface area contributed by atoms with Gasteiger partial charge in [0, 0.05) is 31.1 Å². The lowest BCUT2D eigenvalue weighted by Crippen LogP contribution is -2.47. The summed E-state index contributed by atoms with van der Waals surface area (Å²) in [6.45, 7) is 10.1. The van der Waals surface area contributed by atoms with Gasteiger partial charge in [-0.25, -0.2) is 4.98 Å². The van der Waals surface area contributed by atoms with Gasteiger partial charge in [0.05, 0.1) is 24.9 Å². The summed E-state index contributed by atoms with van der Waals surface area (Å²) < 4.78 is 7.24. The highest BCUT2D eigenvalue weighted by molar-refractivity contribution is 5.84. The molecule has 1 aliphatic heterocycles. The number of aryl methyl sites for hydroxylation is 4. The first kappa shape index (κ1) is 16.9. The molecule has 2 aromatic heterocycles. The number of carbonyl (C=O) groups excluding carboxylic acids is 1. The zero-order chi connectivity index (χ0) is 17.4. The molecule has 6 heteroatoms. The fraction of sp³-hybridized carbons (Fsp3) is 0.611. The van der Waals surface area contributed by atoms with Crippen molar-refractivity contribution in [2.45, 2.75) is 46.6 Å². The Bertz CT molecular complexity index is 781. The van der Waals surface area contributed by atoms with Crippen LogP contribution in [0.2, 0.25) is 0 Å². The number of ether oxygens (including phenoxy) is 1. The van der Waals surface area contributed by atoms with Crippen molar-refractivity contribution in [3.63, 3.8) is 0 Å². The van der Waals surface area contributed by atoms with Crippen LogP contribution in [0.25, 0.3) is 11.0 Å². The highest BCUT2D eigenvalue weighted by Crippen LogP contribution is 2.26. The van der Waals surface area contributed by atoms with Gasteiger partial charge in [0.15, 0.2) is 5.65 Å². The zero-order valence-corrected chi connectivity index (χ0v) is 15.2. The van der Waals surface area contributed by atoms with Gasteiger partial charge in [-0.05, 0) is 45.2 Å². The van der Waals surface area contributed by atoms with E-state index in [1.54, 1.807) is 0 Å². The molecule has 0 N–H and O–H groups in total. The second-order valence-corrected chi connectivity index (χ2v) is 6.72. The van der Waals surface area contributed by atoms with Gasteiger partial charge in [-0.15, -0.1) is 0 Å². The van der Waals surface area contributed by atoms with E-state index >= 15 is 0 Å². The number of aromatic nitrogens is 3. The standard InChI is InChI=1S/C18H26N4O2/c1-11-10-24-9-8-22(11)16(23)7-6-15-12(2)17-14(4)20-21(5)18(17)19-13(15)3/h11H,6-10H2,1-5H3/t11-/m0/s1. The fourth-order valence-corrected chi connectivity index (χ4v) is 3.70. The minimum atomic E-state index is 0.162. The number of rotatable bonds is 3. The molecule has 0 spiro atoms. The molecule has 24 heavy (non-hydrogen) atoms. The molecular formula is C18H26N4O2. The number of nitrogens with zero attached hydrogens (tertiary/aromatic N) is 4. The van der Waals surface area contributed by atoms with Gasteiger partial charge in [-0.3, -0.25) is 9.48 Å². The smallest absolute Gasteiger partial charge is 0.223 e. The lowest BCUT2D eigenvalue weighted by Gasteiger charge is -2.33. The number of pyridine rings is 1. The van der Waals surface area contributed by atoms with Crippen molar-refractivity contribution in [3.05, 3.63) is 22.5 Å². The van der Waals surface area contributed by atoms with Crippen LogP contribution in [-0.4, -0.2) is 51.4 Å². The van der Waals surface area contributed by atoms with Gasteiger partial charge >= 0.3 is 0 Å². The summed E-state index contributed by atoms with van der Waals surface area (Å²) >= 11 is 0. The molecule has 3 heterocycles. The van der Waals surface area contributed by atoms with E-state index in [0.717, 1.165) is 28.8 Å². The van der Waals surface area contributed by atoms with Crippen molar-refractivity contribution in [3.8, 4) is 0 Å². The molecule has 0 aliphatic carbocycles. The number of fused-ring (bicyclic) bond motifs is 1. The number of hydrogen-bond donors (Lipinski definition) is 0. The van der Waals surface area contributed by atoms with Crippen LogP contribution in [0.3, 0.4) is 0 Å². The van der Waals surface area contributed by atoms with E-state index in [2.05, 4.69) is 12.0 Å². The van der Waals surface area contributed by atoms with Gasteiger partial charge in [-0.2, -0.15) is 5.10 Å². The summed E-state index contributed by atoms with van der Waals surface area (Å²) in [5.41, 5.74) is 5.27. The molecule has 1 aliphatic rings. The third-order valence-corrected chi connectivity index (χ3v) is 5.01. The van der Waals surface area contributed by atoms with E-state index in [4.69, 9.17) is 9.72 Å². The Hall–Kier alpha value is -1.95. The molecule has 1 amide bonds. The van der Waals surface area contributed by atoms with Crippen LogP contribution in [0, 0.1) is 20.8 Å². The molecule has 130 valence electrons.